The van der Waals surface area contributed by atoms with E-state index in [9.17, 15) is 0 Å². The van der Waals surface area contributed by atoms with Gasteiger partial charge in [0.1, 0.15) is 22.3 Å². The quantitative estimate of drug-likeness (QED) is 0.171. The van der Waals surface area contributed by atoms with Crippen molar-refractivity contribution >= 4 is 43.9 Å². The van der Waals surface area contributed by atoms with Crippen LogP contribution in [0.2, 0.25) is 0 Å². The average Bonchev–Trinajstić information content (AvgIpc) is 3.82. The maximum absolute atomic E-state index is 6.43. The van der Waals surface area contributed by atoms with Gasteiger partial charge in [-0.15, -0.1) is 0 Å². The first-order valence-electron chi connectivity index (χ1n) is 18.7. The molecule has 5 nitrogen and oxygen atoms in total. The molecule has 0 spiro atoms. The molecule has 0 aliphatic heterocycles. The first kappa shape index (κ1) is 31.9. The minimum atomic E-state index is 0.618. The molecule has 0 aliphatic rings. The van der Waals surface area contributed by atoms with Crippen molar-refractivity contribution in [3.8, 4) is 67.5 Å². The largest absolute Gasteiger partial charge is 0.456 e. The van der Waals surface area contributed by atoms with Crippen LogP contribution < -0.4 is 0 Å². The Bertz CT molecular complexity index is 3250. The van der Waals surface area contributed by atoms with E-state index in [-0.39, 0.29) is 0 Å². The third kappa shape index (κ3) is 5.62. The van der Waals surface area contributed by atoms with Crippen LogP contribution in [0.25, 0.3) is 111 Å². The van der Waals surface area contributed by atoms with Gasteiger partial charge in [-0.3, -0.25) is 0 Å². The highest BCUT2D eigenvalue weighted by Gasteiger charge is 2.16. The van der Waals surface area contributed by atoms with E-state index >= 15 is 0 Å². The van der Waals surface area contributed by atoms with Crippen molar-refractivity contribution in [2.24, 2.45) is 0 Å². The summed E-state index contributed by atoms with van der Waals surface area (Å²) in [6.45, 7) is 0. The van der Waals surface area contributed by atoms with E-state index in [1.165, 1.54) is 0 Å². The number of furan rings is 2. The van der Waals surface area contributed by atoms with E-state index in [4.69, 9.17) is 23.8 Å². The van der Waals surface area contributed by atoms with E-state index in [1.807, 2.05) is 60.7 Å². The Kier molecular flexibility index (Phi) is 7.42. The Balaban J connectivity index is 0.963. The number of hydrogen-bond donors (Lipinski definition) is 0. The van der Waals surface area contributed by atoms with Crippen LogP contribution in [0, 0.1) is 0 Å². The van der Waals surface area contributed by atoms with Crippen molar-refractivity contribution in [1.82, 2.24) is 15.0 Å². The SMILES string of the molecule is c1ccc(-c2cccc(-c3nc(-c4ccccc4)nc(-c4cccc(-c5cccc(-c6ccc7c(c6)oc6cc8oc9ccccc9c8cc67)c5)c4)n3)c2)cc1. The zero-order chi connectivity index (χ0) is 37.0. The molecule has 0 saturated carbocycles. The molecule has 0 bridgehead atoms. The Morgan fingerprint density at radius 1 is 0.232 bits per heavy atom. The highest BCUT2D eigenvalue weighted by atomic mass is 16.3. The molecular formula is C51H31N3O2. The van der Waals surface area contributed by atoms with E-state index < -0.39 is 0 Å². The molecule has 3 heterocycles. The summed E-state index contributed by atoms with van der Waals surface area (Å²) in [6.07, 6.45) is 0. The lowest BCUT2D eigenvalue weighted by Gasteiger charge is -2.11. The van der Waals surface area contributed by atoms with Crippen LogP contribution in [-0.2, 0) is 0 Å². The van der Waals surface area contributed by atoms with E-state index in [0.717, 1.165) is 93.9 Å². The molecule has 56 heavy (non-hydrogen) atoms. The average molecular weight is 718 g/mol. The third-order valence-corrected chi connectivity index (χ3v) is 10.5. The molecular weight excluding hydrogens is 687 g/mol. The van der Waals surface area contributed by atoms with Gasteiger partial charge in [0.15, 0.2) is 17.5 Å². The second-order valence-corrected chi connectivity index (χ2v) is 14.0. The zero-order valence-corrected chi connectivity index (χ0v) is 30.1. The topological polar surface area (TPSA) is 65.0 Å². The number of nitrogens with zero attached hydrogens (tertiary/aromatic N) is 3. The fourth-order valence-electron chi connectivity index (χ4n) is 7.71. The summed E-state index contributed by atoms with van der Waals surface area (Å²) in [5, 5.41) is 4.37. The Hall–Kier alpha value is -7.63. The van der Waals surface area contributed by atoms with Crippen molar-refractivity contribution in [2.45, 2.75) is 0 Å². The Labute approximate surface area is 322 Å². The van der Waals surface area contributed by atoms with Gasteiger partial charge in [0.05, 0.1) is 0 Å². The summed E-state index contributed by atoms with van der Waals surface area (Å²) in [5.41, 5.74) is 12.7. The highest BCUT2D eigenvalue weighted by Crippen LogP contribution is 2.39. The van der Waals surface area contributed by atoms with Gasteiger partial charge in [0.2, 0.25) is 0 Å². The van der Waals surface area contributed by atoms with Crippen molar-refractivity contribution < 1.29 is 8.83 Å². The molecule has 0 fully saturated rings. The predicted octanol–water partition coefficient (Wildman–Crippen LogP) is 13.7. The Morgan fingerprint density at radius 2 is 0.643 bits per heavy atom. The minimum absolute atomic E-state index is 0.618. The van der Waals surface area contributed by atoms with Gasteiger partial charge in [0.25, 0.3) is 0 Å². The molecule has 11 rings (SSSR count). The summed E-state index contributed by atoms with van der Waals surface area (Å²) < 4.78 is 12.6. The summed E-state index contributed by atoms with van der Waals surface area (Å²) in [5.74, 6) is 1.88. The van der Waals surface area contributed by atoms with Gasteiger partial charge in [0, 0.05) is 44.3 Å². The standard InChI is InChI=1S/C51H31N3O2/c1-3-12-32(13-4-1)34-16-10-20-39(27-34)50-52-49(33-14-5-2-6-15-33)53-51(54-50)40-21-11-19-37(28-40)35-17-9-18-36(26-35)38-24-25-42-44-30-43-41-22-7-8-23-45(41)55-47(43)31-48(44)56-46(42)29-38/h1-31H. The summed E-state index contributed by atoms with van der Waals surface area (Å²) in [7, 11) is 0. The maximum atomic E-state index is 6.43. The summed E-state index contributed by atoms with van der Waals surface area (Å²) in [6, 6.07) is 64.7. The van der Waals surface area contributed by atoms with Crippen molar-refractivity contribution in [2.75, 3.05) is 0 Å². The smallest absolute Gasteiger partial charge is 0.164 e. The van der Waals surface area contributed by atoms with Gasteiger partial charge in [-0.1, -0.05) is 140 Å². The molecule has 0 aliphatic carbocycles. The second-order valence-electron chi connectivity index (χ2n) is 14.0. The monoisotopic (exact) mass is 717 g/mol. The van der Waals surface area contributed by atoms with Crippen LogP contribution in [0.1, 0.15) is 0 Å². The van der Waals surface area contributed by atoms with Gasteiger partial charge >= 0.3 is 0 Å². The highest BCUT2D eigenvalue weighted by molar-refractivity contribution is 6.15. The number of fused-ring (bicyclic) bond motifs is 6. The van der Waals surface area contributed by atoms with Crippen molar-refractivity contribution in [1.29, 1.82) is 0 Å². The van der Waals surface area contributed by atoms with E-state index in [2.05, 4.69) is 127 Å². The van der Waals surface area contributed by atoms with Gasteiger partial charge in [-0.25, -0.2) is 15.0 Å². The molecule has 0 N–H and O–H groups in total. The van der Waals surface area contributed by atoms with Crippen LogP contribution in [0.3, 0.4) is 0 Å². The number of hydrogen-bond acceptors (Lipinski definition) is 5. The molecule has 262 valence electrons. The lowest BCUT2D eigenvalue weighted by atomic mass is 9.97. The molecule has 0 unspecified atom stereocenters. The fourth-order valence-corrected chi connectivity index (χ4v) is 7.71. The zero-order valence-electron chi connectivity index (χ0n) is 30.1. The van der Waals surface area contributed by atoms with Crippen LogP contribution in [-0.4, -0.2) is 15.0 Å². The number of aromatic nitrogens is 3. The normalized spacial score (nSPS) is 11.6. The van der Waals surface area contributed by atoms with Crippen LogP contribution in [0.5, 0.6) is 0 Å². The van der Waals surface area contributed by atoms with Crippen molar-refractivity contribution in [3.63, 3.8) is 0 Å². The summed E-state index contributed by atoms with van der Waals surface area (Å²) >= 11 is 0. The molecule has 0 atom stereocenters. The molecule has 5 heteroatoms. The minimum Gasteiger partial charge on any atom is -0.456 e. The summed E-state index contributed by atoms with van der Waals surface area (Å²) in [4.78, 5) is 15.1. The van der Waals surface area contributed by atoms with Gasteiger partial charge in [-0.2, -0.15) is 0 Å². The molecule has 0 radical (unpaired) electrons. The fraction of sp³-hybridized carbons (Fsp3) is 0. The number of benzene rings is 8. The molecule has 11 aromatic rings. The number of para-hydroxylation sites is 1. The van der Waals surface area contributed by atoms with E-state index in [0.29, 0.717) is 17.5 Å². The van der Waals surface area contributed by atoms with E-state index in [1.54, 1.807) is 0 Å². The third-order valence-electron chi connectivity index (χ3n) is 10.5. The number of rotatable bonds is 6. The lowest BCUT2D eigenvalue weighted by molar-refractivity contribution is 0.656. The van der Waals surface area contributed by atoms with Crippen LogP contribution in [0.15, 0.2) is 197 Å². The second kappa shape index (κ2) is 13.0. The molecule has 3 aromatic heterocycles. The first-order valence-corrected chi connectivity index (χ1v) is 18.7. The van der Waals surface area contributed by atoms with Gasteiger partial charge in [-0.05, 0) is 75.8 Å². The first-order chi connectivity index (χ1) is 27.7. The maximum Gasteiger partial charge on any atom is 0.164 e. The van der Waals surface area contributed by atoms with Crippen LogP contribution >= 0.6 is 0 Å². The Morgan fingerprint density at radius 3 is 1.27 bits per heavy atom. The van der Waals surface area contributed by atoms with Crippen LogP contribution in [0.4, 0.5) is 0 Å². The predicted molar refractivity (Wildman–Crippen MR) is 227 cm³/mol. The van der Waals surface area contributed by atoms with Crippen molar-refractivity contribution in [3.05, 3.63) is 188 Å². The lowest BCUT2D eigenvalue weighted by Crippen LogP contribution is -2.00. The molecule has 0 saturated heterocycles. The molecule has 8 aromatic carbocycles. The van der Waals surface area contributed by atoms with Gasteiger partial charge < -0.3 is 8.83 Å². The molecule has 0 amide bonds.